The first kappa shape index (κ1) is 31.3. The molecule has 9 rings (SSSR count). The zero-order valence-electron chi connectivity index (χ0n) is 30.2. The summed E-state index contributed by atoms with van der Waals surface area (Å²) in [5, 5.41) is 7.20. The molecule has 1 fully saturated rings. The molecular formula is C46H46N2OSi. The monoisotopic (exact) mass is 670 g/mol. The van der Waals surface area contributed by atoms with Gasteiger partial charge in [-0.1, -0.05) is 126 Å². The summed E-state index contributed by atoms with van der Waals surface area (Å²) in [6.45, 7) is 14.6. The molecule has 6 aromatic carbocycles. The Morgan fingerprint density at radius 1 is 0.680 bits per heavy atom. The summed E-state index contributed by atoms with van der Waals surface area (Å²) in [6.07, 6.45) is 2.65. The van der Waals surface area contributed by atoms with Gasteiger partial charge < -0.3 is 4.42 Å². The minimum absolute atomic E-state index is 0.357. The summed E-state index contributed by atoms with van der Waals surface area (Å²) < 4.78 is 9.37. The number of fused-ring (bicyclic) bond motifs is 7. The van der Waals surface area contributed by atoms with Gasteiger partial charge in [0.2, 0.25) is 0 Å². The average Bonchev–Trinajstić information content (AvgIpc) is 3.68. The predicted octanol–water partition coefficient (Wildman–Crippen LogP) is 13.7. The fraction of sp³-hybridized carbons (Fsp3) is 0.283. The Morgan fingerprint density at radius 2 is 1.36 bits per heavy atom. The van der Waals surface area contributed by atoms with Gasteiger partial charge >= 0.3 is 0 Å². The Bertz CT molecular complexity index is 2560. The van der Waals surface area contributed by atoms with Crippen LogP contribution in [0.5, 0.6) is 0 Å². The quantitative estimate of drug-likeness (QED) is 0.135. The molecule has 3 nitrogen and oxygen atoms in total. The molecule has 0 saturated carbocycles. The highest BCUT2D eigenvalue weighted by Crippen LogP contribution is 2.45. The first-order valence-electron chi connectivity index (χ1n) is 18.6. The molecular weight excluding hydrogens is 625 g/mol. The smallest absolute Gasteiger partial charge is 0.149 e. The van der Waals surface area contributed by atoms with Gasteiger partial charge in [-0.15, -0.1) is 0 Å². The van der Waals surface area contributed by atoms with E-state index in [-0.39, 0.29) is 0 Å². The molecule has 0 atom stereocenters. The summed E-state index contributed by atoms with van der Waals surface area (Å²) in [5.41, 5.74) is 10.6. The second-order valence-corrected chi connectivity index (χ2v) is 21.5. The van der Waals surface area contributed by atoms with Crippen LogP contribution in [0.4, 0.5) is 0 Å². The molecule has 0 unspecified atom stereocenters. The maximum absolute atomic E-state index is 6.90. The summed E-state index contributed by atoms with van der Waals surface area (Å²) in [7, 11) is -1.05. The summed E-state index contributed by atoms with van der Waals surface area (Å²) >= 11 is 0. The average molecular weight is 671 g/mol. The van der Waals surface area contributed by atoms with Crippen LogP contribution in [0.25, 0.3) is 71.6 Å². The minimum atomic E-state index is -1.05. The first-order chi connectivity index (χ1) is 24.2. The van der Waals surface area contributed by atoms with E-state index in [2.05, 4.69) is 148 Å². The van der Waals surface area contributed by atoms with Crippen molar-refractivity contribution in [2.75, 3.05) is 0 Å². The Labute approximate surface area is 296 Å². The number of nitrogens with zero attached hydrogens (tertiary/aromatic N) is 2. The van der Waals surface area contributed by atoms with E-state index < -0.39 is 8.07 Å². The lowest BCUT2D eigenvalue weighted by Gasteiger charge is -2.34. The topological polar surface area (TPSA) is 31.0 Å². The van der Waals surface area contributed by atoms with Crippen LogP contribution in [0.2, 0.25) is 25.2 Å². The Balaban J connectivity index is 1.30. The molecule has 50 heavy (non-hydrogen) atoms. The number of hydrogen-bond acceptors (Lipinski definition) is 2. The number of furan rings is 1. The minimum Gasteiger partial charge on any atom is -0.455 e. The van der Waals surface area contributed by atoms with Crippen molar-refractivity contribution in [2.45, 2.75) is 83.5 Å². The lowest BCUT2D eigenvalue weighted by molar-refractivity contribution is 0.599. The third kappa shape index (κ3) is 5.02. The predicted molar refractivity (Wildman–Crippen MR) is 216 cm³/mol. The highest BCUT2D eigenvalue weighted by atomic mass is 28.3. The van der Waals surface area contributed by atoms with Gasteiger partial charge in [-0.25, -0.2) is 4.98 Å². The molecule has 0 bridgehead atoms. The van der Waals surface area contributed by atoms with Crippen LogP contribution in [0, 0.1) is 0 Å². The van der Waals surface area contributed by atoms with Crippen molar-refractivity contribution in [3.63, 3.8) is 0 Å². The molecule has 8 aromatic rings. The first-order valence-corrected chi connectivity index (χ1v) is 22.0. The van der Waals surface area contributed by atoms with Crippen LogP contribution in [0.1, 0.15) is 75.0 Å². The SMILES string of the molecule is CC(C)c1cc(C2CC[Si](C)(C)CC2)cc(C(C)C)c1-n1c(-c2cccc3c2oc2cc4c(ccc5ccccc54)cc23)nc2ccccc21. The van der Waals surface area contributed by atoms with Gasteiger partial charge in [0.1, 0.15) is 17.0 Å². The van der Waals surface area contributed by atoms with Gasteiger partial charge in [0.25, 0.3) is 0 Å². The van der Waals surface area contributed by atoms with E-state index >= 15 is 0 Å². The number of aromatic nitrogens is 2. The van der Waals surface area contributed by atoms with Crippen LogP contribution >= 0.6 is 0 Å². The fourth-order valence-electron chi connectivity index (χ4n) is 8.72. The zero-order valence-corrected chi connectivity index (χ0v) is 31.2. The van der Waals surface area contributed by atoms with Gasteiger partial charge in [-0.05, 0) is 99.2 Å². The largest absolute Gasteiger partial charge is 0.455 e. The van der Waals surface area contributed by atoms with Crippen LogP contribution in [-0.2, 0) is 0 Å². The number of imidazole rings is 1. The van der Waals surface area contributed by atoms with E-state index in [1.807, 2.05) is 0 Å². The van der Waals surface area contributed by atoms with Gasteiger partial charge in [-0.2, -0.15) is 0 Å². The number of benzene rings is 6. The number of para-hydroxylation sites is 3. The molecule has 250 valence electrons. The van der Waals surface area contributed by atoms with E-state index in [1.165, 1.54) is 68.9 Å². The molecule has 1 saturated heterocycles. The molecule has 0 spiro atoms. The summed E-state index contributed by atoms with van der Waals surface area (Å²) in [6, 6.07) is 40.8. The van der Waals surface area contributed by atoms with Crippen molar-refractivity contribution in [1.82, 2.24) is 9.55 Å². The lowest BCUT2D eigenvalue weighted by Crippen LogP contribution is -2.30. The summed E-state index contributed by atoms with van der Waals surface area (Å²) in [5.74, 6) is 2.30. The second kappa shape index (κ2) is 11.7. The van der Waals surface area contributed by atoms with Gasteiger partial charge in [0, 0.05) is 18.8 Å². The van der Waals surface area contributed by atoms with Crippen LogP contribution in [0.3, 0.4) is 0 Å². The highest BCUT2D eigenvalue weighted by Gasteiger charge is 2.31. The fourth-order valence-corrected chi connectivity index (χ4v) is 11.2. The number of hydrogen-bond donors (Lipinski definition) is 0. The molecule has 0 aliphatic carbocycles. The third-order valence-corrected chi connectivity index (χ3v) is 14.9. The molecule has 4 heteroatoms. The van der Waals surface area contributed by atoms with E-state index in [4.69, 9.17) is 9.40 Å². The molecule has 2 aromatic heterocycles. The Morgan fingerprint density at radius 3 is 2.12 bits per heavy atom. The lowest BCUT2D eigenvalue weighted by atomic mass is 9.84. The third-order valence-electron chi connectivity index (χ3n) is 11.6. The van der Waals surface area contributed by atoms with Crippen molar-refractivity contribution in [3.8, 4) is 17.1 Å². The van der Waals surface area contributed by atoms with E-state index in [1.54, 1.807) is 0 Å². The van der Waals surface area contributed by atoms with Gasteiger partial charge in [0.05, 0.1) is 22.3 Å². The van der Waals surface area contributed by atoms with Crippen LogP contribution in [0.15, 0.2) is 108 Å². The van der Waals surface area contributed by atoms with E-state index in [0.29, 0.717) is 17.8 Å². The Kier molecular flexibility index (Phi) is 7.33. The van der Waals surface area contributed by atoms with Crippen molar-refractivity contribution in [3.05, 3.63) is 120 Å². The normalized spacial score (nSPS) is 15.5. The van der Waals surface area contributed by atoms with Gasteiger partial charge in [0.15, 0.2) is 0 Å². The molecule has 0 N–H and O–H groups in total. The molecule has 0 radical (unpaired) electrons. The van der Waals surface area contributed by atoms with Crippen molar-refractivity contribution in [2.24, 2.45) is 0 Å². The molecule has 0 amide bonds. The molecule has 1 aliphatic heterocycles. The Hall–Kier alpha value is -4.67. The van der Waals surface area contributed by atoms with Crippen molar-refractivity contribution < 1.29 is 4.42 Å². The maximum Gasteiger partial charge on any atom is 0.149 e. The van der Waals surface area contributed by atoms with E-state index in [9.17, 15) is 0 Å². The maximum atomic E-state index is 6.90. The zero-order chi connectivity index (χ0) is 34.3. The van der Waals surface area contributed by atoms with Crippen LogP contribution < -0.4 is 0 Å². The highest BCUT2D eigenvalue weighted by molar-refractivity contribution is 6.77. The standard InChI is InChI=1S/C46H46N2OSi/c1-28(2)37-25-33(30-20-22-50(5,6)23-21-30)26-38(29(3)4)44(37)48-42-17-10-9-16-41(42)47-46(48)36-15-11-14-35-40-24-32-19-18-31-12-7-8-13-34(31)39(32)27-43(40)49-45(35)36/h7-19,24-30H,20-23H2,1-6H3. The number of rotatable bonds is 5. The second-order valence-electron chi connectivity index (χ2n) is 16.2. The van der Waals surface area contributed by atoms with Crippen molar-refractivity contribution >= 4 is 62.6 Å². The van der Waals surface area contributed by atoms with Crippen molar-refractivity contribution in [1.29, 1.82) is 0 Å². The molecule has 1 aliphatic rings. The van der Waals surface area contributed by atoms with E-state index in [0.717, 1.165) is 44.4 Å². The molecule has 3 heterocycles. The summed E-state index contributed by atoms with van der Waals surface area (Å²) in [4.78, 5) is 5.41. The van der Waals surface area contributed by atoms with Crippen LogP contribution in [-0.4, -0.2) is 17.6 Å². The van der Waals surface area contributed by atoms with Gasteiger partial charge in [-0.3, -0.25) is 4.57 Å².